The lowest BCUT2D eigenvalue weighted by atomic mass is 9.92. The molecular formula is C26H22BrFN8O2S. The molecule has 3 aromatic heterocycles. The number of hydrogen-bond donors (Lipinski definition) is 1. The zero-order valence-corrected chi connectivity index (χ0v) is 22.9. The first-order chi connectivity index (χ1) is 18.9. The van der Waals surface area contributed by atoms with Gasteiger partial charge in [-0.25, -0.2) is 14.1 Å². The van der Waals surface area contributed by atoms with Crippen LogP contribution in [-0.4, -0.2) is 64.0 Å². The molecule has 39 heavy (non-hydrogen) atoms. The highest BCUT2D eigenvalue weighted by atomic mass is 79.9. The number of amides is 1. The monoisotopic (exact) mass is 608 g/mol. The van der Waals surface area contributed by atoms with Crippen LogP contribution in [0, 0.1) is 5.82 Å². The van der Waals surface area contributed by atoms with Crippen molar-refractivity contribution in [1.29, 1.82) is 0 Å². The van der Waals surface area contributed by atoms with E-state index in [9.17, 15) is 14.3 Å². The van der Waals surface area contributed by atoms with E-state index in [4.69, 9.17) is 0 Å². The molecule has 1 saturated heterocycles. The van der Waals surface area contributed by atoms with Gasteiger partial charge in [0.15, 0.2) is 0 Å². The Hall–Kier alpha value is -3.81. The summed E-state index contributed by atoms with van der Waals surface area (Å²) in [6, 6.07) is 14.1. The Labute approximate surface area is 234 Å². The third kappa shape index (κ3) is 5.12. The standard InChI is InChI=1S/C26H22BrFN8O2S/c27-19-13-18(7-8-20(19)28)35-15-23(31-33-35)26(38)9-4-11-34(12-10-26)25(37)22-16-39-24(30-22)21-14-29-36(32-21)17-5-2-1-3-6-17/h1-3,5-8,13-16,38H,4,9-12H2. The molecule has 1 unspecified atom stereocenters. The number of rotatable bonds is 5. The van der Waals surface area contributed by atoms with Gasteiger partial charge in [0.2, 0.25) is 0 Å². The Balaban J connectivity index is 1.14. The molecule has 0 radical (unpaired) electrons. The number of carbonyl (C=O) groups excluding carboxylic acids is 1. The van der Waals surface area contributed by atoms with Crippen LogP contribution >= 0.6 is 27.3 Å². The summed E-state index contributed by atoms with van der Waals surface area (Å²) in [5.74, 6) is -0.575. The van der Waals surface area contributed by atoms with Gasteiger partial charge in [0.25, 0.3) is 5.91 Å². The van der Waals surface area contributed by atoms with E-state index >= 15 is 0 Å². The molecule has 0 aliphatic carbocycles. The molecule has 13 heteroatoms. The van der Waals surface area contributed by atoms with Crippen LogP contribution in [0.3, 0.4) is 0 Å². The lowest BCUT2D eigenvalue weighted by Gasteiger charge is -2.24. The van der Waals surface area contributed by atoms with E-state index in [0.717, 1.165) is 5.69 Å². The smallest absolute Gasteiger partial charge is 0.273 e. The second-order valence-electron chi connectivity index (χ2n) is 9.22. The summed E-state index contributed by atoms with van der Waals surface area (Å²) in [5, 5.41) is 30.9. The number of nitrogens with zero attached hydrogens (tertiary/aromatic N) is 8. The fourth-order valence-electron chi connectivity index (χ4n) is 4.51. The highest BCUT2D eigenvalue weighted by Crippen LogP contribution is 2.33. The predicted molar refractivity (Wildman–Crippen MR) is 145 cm³/mol. The minimum absolute atomic E-state index is 0.197. The van der Waals surface area contributed by atoms with Gasteiger partial charge >= 0.3 is 0 Å². The Morgan fingerprint density at radius 1 is 1.10 bits per heavy atom. The number of aromatic nitrogens is 7. The molecule has 1 aliphatic heterocycles. The maximum Gasteiger partial charge on any atom is 0.273 e. The third-order valence-electron chi connectivity index (χ3n) is 6.66. The van der Waals surface area contributed by atoms with E-state index in [1.807, 2.05) is 30.3 Å². The van der Waals surface area contributed by atoms with E-state index in [0.29, 0.717) is 64.6 Å². The molecule has 1 atom stereocenters. The van der Waals surface area contributed by atoms with Gasteiger partial charge in [-0.15, -0.1) is 21.5 Å². The lowest BCUT2D eigenvalue weighted by molar-refractivity contribution is 0.0169. The van der Waals surface area contributed by atoms with Gasteiger partial charge in [0.05, 0.1) is 28.2 Å². The Kier molecular flexibility index (Phi) is 6.79. The summed E-state index contributed by atoms with van der Waals surface area (Å²) >= 11 is 4.51. The van der Waals surface area contributed by atoms with Crippen molar-refractivity contribution >= 4 is 33.2 Å². The summed E-state index contributed by atoms with van der Waals surface area (Å²) in [6.45, 7) is 0.818. The Morgan fingerprint density at radius 3 is 2.77 bits per heavy atom. The first kappa shape index (κ1) is 25.5. The summed E-state index contributed by atoms with van der Waals surface area (Å²) in [4.78, 5) is 21.1. The molecule has 1 fully saturated rings. The molecule has 5 aromatic rings. The van der Waals surface area contributed by atoms with Crippen LogP contribution in [0.25, 0.3) is 22.1 Å². The Bertz CT molecular complexity index is 1640. The molecule has 0 bridgehead atoms. The van der Waals surface area contributed by atoms with Crippen molar-refractivity contribution in [3.8, 4) is 22.1 Å². The molecule has 6 rings (SSSR count). The number of hydrogen-bond acceptors (Lipinski definition) is 8. The number of likely N-dealkylation sites (tertiary alicyclic amines) is 1. The maximum atomic E-state index is 13.6. The molecule has 4 heterocycles. The van der Waals surface area contributed by atoms with Crippen molar-refractivity contribution < 1.29 is 14.3 Å². The minimum Gasteiger partial charge on any atom is -0.383 e. The molecule has 0 saturated carbocycles. The molecule has 1 aliphatic rings. The highest BCUT2D eigenvalue weighted by Gasteiger charge is 2.36. The van der Waals surface area contributed by atoms with E-state index in [-0.39, 0.29) is 11.7 Å². The second kappa shape index (κ2) is 10.4. The minimum atomic E-state index is -1.24. The van der Waals surface area contributed by atoms with Crippen LogP contribution in [0.15, 0.2) is 70.8 Å². The fraction of sp³-hybridized carbons (Fsp3) is 0.231. The summed E-state index contributed by atoms with van der Waals surface area (Å²) in [7, 11) is 0. The van der Waals surface area contributed by atoms with Crippen molar-refractivity contribution in [2.45, 2.75) is 24.9 Å². The molecule has 1 N–H and O–H groups in total. The lowest BCUT2D eigenvalue weighted by Crippen LogP contribution is -2.34. The van der Waals surface area contributed by atoms with Gasteiger partial charge in [0.1, 0.15) is 33.5 Å². The van der Waals surface area contributed by atoms with Crippen molar-refractivity contribution in [3.63, 3.8) is 0 Å². The summed E-state index contributed by atoms with van der Waals surface area (Å²) in [5.41, 5.74) is 1.54. The topological polar surface area (TPSA) is 115 Å². The summed E-state index contributed by atoms with van der Waals surface area (Å²) < 4.78 is 15.4. The largest absolute Gasteiger partial charge is 0.383 e. The van der Waals surface area contributed by atoms with Crippen LogP contribution in [0.4, 0.5) is 4.39 Å². The molecule has 0 spiro atoms. The van der Waals surface area contributed by atoms with Crippen LogP contribution in [0.1, 0.15) is 35.4 Å². The first-order valence-corrected chi connectivity index (χ1v) is 13.9. The van der Waals surface area contributed by atoms with Crippen molar-refractivity contribution in [3.05, 3.63) is 88.0 Å². The number of halogens is 2. The summed E-state index contributed by atoms with van der Waals surface area (Å²) in [6.07, 6.45) is 4.58. The number of aliphatic hydroxyl groups is 1. The van der Waals surface area contributed by atoms with Crippen molar-refractivity contribution in [1.82, 2.24) is 39.9 Å². The number of thiazole rings is 1. The van der Waals surface area contributed by atoms with Crippen LogP contribution in [0.2, 0.25) is 0 Å². The highest BCUT2D eigenvalue weighted by molar-refractivity contribution is 9.10. The van der Waals surface area contributed by atoms with Gasteiger partial charge in [0, 0.05) is 18.5 Å². The maximum absolute atomic E-state index is 13.6. The van der Waals surface area contributed by atoms with Crippen LogP contribution < -0.4 is 0 Å². The van der Waals surface area contributed by atoms with Gasteiger partial charge in [-0.05, 0) is 65.5 Å². The third-order valence-corrected chi connectivity index (χ3v) is 8.13. The second-order valence-corrected chi connectivity index (χ2v) is 10.9. The average Bonchev–Trinajstić information content (AvgIpc) is 3.71. The zero-order valence-electron chi connectivity index (χ0n) is 20.5. The fourth-order valence-corrected chi connectivity index (χ4v) is 5.62. The number of carbonyl (C=O) groups is 1. The molecule has 1 amide bonds. The number of para-hydroxylation sites is 1. The molecule has 2 aromatic carbocycles. The first-order valence-electron chi connectivity index (χ1n) is 12.2. The molecule has 198 valence electrons. The van der Waals surface area contributed by atoms with Gasteiger partial charge in [-0.3, -0.25) is 4.79 Å². The predicted octanol–water partition coefficient (Wildman–Crippen LogP) is 4.39. The normalized spacial score (nSPS) is 17.8. The SMILES string of the molecule is O=C(c1csc(-c2cnn(-c3ccccc3)n2)n1)N1CCCC(O)(c2cn(-c3ccc(F)c(Br)c3)nn2)CC1. The van der Waals surface area contributed by atoms with Gasteiger partial charge in [-0.2, -0.15) is 9.90 Å². The average molecular weight is 609 g/mol. The van der Waals surface area contributed by atoms with Crippen LogP contribution in [0.5, 0.6) is 0 Å². The number of benzene rings is 2. The zero-order chi connectivity index (χ0) is 27.0. The van der Waals surface area contributed by atoms with E-state index < -0.39 is 5.60 Å². The van der Waals surface area contributed by atoms with E-state index in [2.05, 4.69) is 41.4 Å². The Morgan fingerprint density at radius 2 is 1.95 bits per heavy atom. The van der Waals surface area contributed by atoms with E-state index in [1.165, 1.54) is 26.9 Å². The van der Waals surface area contributed by atoms with Gasteiger partial charge < -0.3 is 10.0 Å². The quantitative estimate of drug-likeness (QED) is 0.315. The van der Waals surface area contributed by atoms with E-state index in [1.54, 1.807) is 34.8 Å². The van der Waals surface area contributed by atoms with Crippen molar-refractivity contribution in [2.24, 2.45) is 0 Å². The van der Waals surface area contributed by atoms with Crippen LogP contribution in [-0.2, 0) is 5.60 Å². The molecular weight excluding hydrogens is 587 g/mol. The van der Waals surface area contributed by atoms with Gasteiger partial charge in [-0.1, -0.05) is 23.4 Å². The molecule has 10 nitrogen and oxygen atoms in total. The van der Waals surface area contributed by atoms with Crippen molar-refractivity contribution in [2.75, 3.05) is 13.1 Å².